The van der Waals surface area contributed by atoms with Gasteiger partial charge in [-0.3, -0.25) is 14.5 Å². The molecule has 0 bridgehead atoms. The zero-order chi connectivity index (χ0) is 22.1. The number of esters is 1. The van der Waals surface area contributed by atoms with E-state index in [0.717, 1.165) is 0 Å². The normalized spacial score (nSPS) is 19.6. The van der Waals surface area contributed by atoms with Crippen LogP contribution in [0.5, 0.6) is 17.2 Å². The van der Waals surface area contributed by atoms with Crippen molar-refractivity contribution < 1.29 is 33.3 Å². The van der Waals surface area contributed by atoms with Crippen molar-refractivity contribution in [1.29, 1.82) is 0 Å². The Labute approximate surface area is 178 Å². The van der Waals surface area contributed by atoms with Gasteiger partial charge < -0.3 is 24.3 Å². The molecule has 1 N–H and O–H groups in total. The van der Waals surface area contributed by atoms with Crippen molar-refractivity contribution in [2.75, 3.05) is 26.6 Å². The first kappa shape index (κ1) is 20.5. The second kappa shape index (κ2) is 8.17. The van der Waals surface area contributed by atoms with E-state index in [1.54, 1.807) is 36.4 Å². The number of hydrogen-bond acceptors (Lipinski definition) is 7. The van der Waals surface area contributed by atoms with E-state index in [-0.39, 0.29) is 29.5 Å². The van der Waals surface area contributed by atoms with E-state index in [2.05, 4.69) is 5.32 Å². The Morgan fingerprint density at radius 2 is 1.90 bits per heavy atom. The number of ether oxygens (including phenoxy) is 4. The summed E-state index contributed by atoms with van der Waals surface area (Å²) in [6, 6.07) is 9.41. The molecule has 0 aliphatic carbocycles. The fourth-order valence-corrected chi connectivity index (χ4v) is 3.97. The maximum absolute atomic E-state index is 13.0. The summed E-state index contributed by atoms with van der Waals surface area (Å²) in [6.45, 7) is 0. The van der Waals surface area contributed by atoms with Gasteiger partial charge in [-0.25, -0.2) is 4.79 Å². The SMILES string of the molecule is COc1cccc(NC(=O)[C@@H]2CCC(=O)N2[C@@H]2OC(=O)c3c2ccc(OC)c3OC)c1. The summed E-state index contributed by atoms with van der Waals surface area (Å²) >= 11 is 0. The summed E-state index contributed by atoms with van der Waals surface area (Å²) in [5.41, 5.74) is 1.19. The van der Waals surface area contributed by atoms with Gasteiger partial charge in [0.05, 0.1) is 21.3 Å². The molecule has 2 aliphatic rings. The third-order valence-corrected chi connectivity index (χ3v) is 5.41. The number of cyclic esters (lactones) is 1. The lowest BCUT2D eigenvalue weighted by Gasteiger charge is -2.29. The van der Waals surface area contributed by atoms with Gasteiger partial charge in [0.15, 0.2) is 11.5 Å². The second-order valence-corrected chi connectivity index (χ2v) is 7.10. The molecule has 2 aromatic carbocycles. The molecule has 2 atom stereocenters. The fraction of sp³-hybridized carbons (Fsp3) is 0.318. The van der Waals surface area contributed by atoms with Crippen LogP contribution in [0.25, 0.3) is 0 Å². The maximum Gasteiger partial charge on any atom is 0.344 e. The average molecular weight is 426 g/mol. The Balaban J connectivity index is 1.64. The highest BCUT2D eigenvalue weighted by atomic mass is 16.6. The summed E-state index contributed by atoms with van der Waals surface area (Å²) in [5.74, 6) is -0.0787. The van der Waals surface area contributed by atoms with Gasteiger partial charge in [-0.15, -0.1) is 0 Å². The molecule has 0 saturated carbocycles. The molecular weight excluding hydrogens is 404 g/mol. The van der Waals surface area contributed by atoms with E-state index in [1.165, 1.54) is 26.2 Å². The predicted molar refractivity (Wildman–Crippen MR) is 109 cm³/mol. The lowest BCUT2D eigenvalue weighted by atomic mass is 10.1. The molecule has 2 heterocycles. The molecule has 9 nitrogen and oxygen atoms in total. The first-order valence-corrected chi connectivity index (χ1v) is 9.70. The number of fused-ring (bicyclic) bond motifs is 1. The summed E-state index contributed by atoms with van der Waals surface area (Å²) in [6.07, 6.45) is -0.531. The average Bonchev–Trinajstić information content (AvgIpc) is 3.32. The Morgan fingerprint density at radius 1 is 1.10 bits per heavy atom. The van der Waals surface area contributed by atoms with Crippen LogP contribution in [0.1, 0.15) is 35.0 Å². The molecule has 1 fully saturated rings. The van der Waals surface area contributed by atoms with Gasteiger partial charge >= 0.3 is 5.97 Å². The van der Waals surface area contributed by atoms with Crippen molar-refractivity contribution >= 4 is 23.5 Å². The van der Waals surface area contributed by atoms with Crippen LogP contribution in [0.2, 0.25) is 0 Å². The van der Waals surface area contributed by atoms with Crippen molar-refractivity contribution in [3.05, 3.63) is 47.5 Å². The molecule has 0 radical (unpaired) electrons. The summed E-state index contributed by atoms with van der Waals surface area (Å²) in [7, 11) is 4.42. The molecular formula is C22H22N2O7. The lowest BCUT2D eigenvalue weighted by Crippen LogP contribution is -2.43. The number of likely N-dealkylation sites (tertiary alicyclic amines) is 1. The van der Waals surface area contributed by atoms with Gasteiger partial charge in [0.25, 0.3) is 0 Å². The third kappa shape index (κ3) is 3.52. The molecule has 162 valence electrons. The highest BCUT2D eigenvalue weighted by molar-refractivity contribution is 6.01. The van der Waals surface area contributed by atoms with Gasteiger partial charge in [-0.1, -0.05) is 6.07 Å². The number of nitrogens with one attached hydrogen (secondary N) is 1. The molecule has 2 amide bonds. The quantitative estimate of drug-likeness (QED) is 0.708. The van der Waals surface area contributed by atoms with Crippen LogP contribution in [0.4, 0.5) is 5.69 Å². The van der Waals surface area contributed by atoms with Crippen LogP contribution in [0.3, 0.4) is 0 Å². The minimum atomic E-state index is -1.02. The van der Waals surface area contributed by atoms with Crippen molar-refractivity contribution in [3.63, 3.8) is 0 Å². The van der Waals surface area contributed by atoms with Gasteiger partial charge in [-0.2, -0.15) is 0 Å². The molecule has 31 heavy (non-hydrogen) atoms. The van der Waals surface area contributed by atoms with Crippen LogP contribution in [0.15, 0.2) is 36.4 Å². The number of amides is 2. The van der Waals surface area contributed by atoms with Crippen molar-refractivity contribution in [2.24, 2.45) is 0 Å². The van der Waals surface area contributed by atoms with Crippen LogP contribution in [-0.2, 0) is 14.3 Å². The first-order valence-electron chi connectivity index (χ1n) is 9.70. The van der Waals surface area contributed by atoms with Gasteiger partial charge in [0, 0.05) is 23.7 Å². The molecule has 0 spiro atoms. The second-order valence-electron chi connectivity index (χ2n) is 7.10. The maximum atomic E-state index is 13.0. The smallest absolute Gasteiger partial charge is 0.344 e. The van der Waals surface area contributed by atoms with E-state index in [9.17, 15) is 14.4 Å². The van der Waals surface area contributed by atoms with E-state index >= 15 is 0 Å². The molecule has 0 unspecified atom stereocenters. The number of carbonyl (C=O) groups excluding carboxylic acids is 3. The molecule has 4 rings (SSSR count). The lowest BCUT2D eigenvalue weighted by molar-refractivity contribution is -0.144. The van der Waals surface area contributed by atoms with E-state index < -0.39 is 18.2 Å². The van der Waals surface area contributed by atoms with Crippen molar-refractivity contribution in [1.82, 2.24) is 4.90 Å². The molecule has 2 aliphatic heterocycles. The largest absolute Gasteiger partial charge is 0.497 e. The van der Waals surface area contributed by atoms with Gasteiger partial charge in [0.2, 0.25) is 18.0 Å². The number of anilines is 1. The zero-order valence-electron chi connectivity index (χ0n) is 17.3. The highest BCUT2D eigenvalue weighted by Crippen LogP contribution is 2.45. The van der Waals surface area contributed by atoms with Gasteiger partial charge in [0.1, 0.15) is 17.4 Å². The number of rotatable bonds is 6. The number of methoxy groups -OCH3 is 3. The number of benzene rings is 2. The molecule has 9 heteroatoms. The van der Waals surface area contributed by atoms with Crippen LogP contribution in [0, 0.1) is 0 Å². The number of carbonyl (C=O) groups is 3. The van der Waals surface area contributed by atoms with Crippen LogP contribution < -0.4 is 19.5 Å². The Hall–Kier alpha value is -3.75. The summed E-state index contributed by atoms with van der Waals surface area (Å²) in [4.78, 5) is 39.7. The minimum Gasteiger partial charge on any atom is -0.497 e. The standard InChI is InChI=1S/C22H22N2O7/c1-28-13-6-4-5-12(11-13)23-20(26)15-8-10-17(25)24(15)21-14-7-9-16(29-2)19(30-3)18(14)22(27)31-21/h4-7,9,11,15,21H,8,10H2,1-3H3,(H,23,26)/t15-,21+/m0/s1. The highest BCUT2D eigenvalue weighted by Gasteiger charge is 2.47. The van der Waals surface area contributed by atoms with Crippen molar-refractivity contribution in [3.8, 4) is 17.2 Å². The summed E-state index contributed by atoms with van der Waals surface area (Å²) in [5, 5.41) is 2.81. The minimum absolute atomic E-state index is 0.173. The molecule has 1 saturated heterocycles. The number of hydrogen-bond donors (Lipinski definition) is 1. The van der Waals surface area contributed by atoms with Crippen molar-refractivity contribution in [2.45, 2.75) is 25.1 Å². The van der Waals surface area contributed by atoms with E-state index in [0.29, 0.717) is 29.2 Å². The Kier molecular flexibility index (Phi) is 5.41. The number of nitrogens with zero attached hydrogens (tertiary/aromatic N) is 1. The summed E-state index contributed by atoms with van der Waals surface area (Å²) < 4.78 is 21.3. The Morgan fingerprint density at radius 3 is 2.61 bits per heavy atom. The topological polar surface area (TPSA) is 103 Å². The van der Waals surface area contributed by atoms with E-state index in [1.807, 2.05) is 0 Å². The first-order chi connectivity index (χ1) is 15.0. The predicted octanol–water partition coefficient (Wildman–Crippen LogP) is 2.51. The Bertz CT molecular complexity index is 1050. The zero-order valence-corrected chi connectivity index (χ0v) is 17.3. The monoisotopic (exact) mass is 426 g/mol. The van der Waals surface area contributed by atoms with Gasteiger partial charge in [-0.05, 0) is 30.7 Å². The molecule has 2 aromatic rings. The molecule has 0 aromatic heterocycles. The van der Waals surface area contributed by atoms with Crippen LogP contribution >= 0.6 is 0 Å². The van der Waals surface area contributed by atoms with Crippen LogP contribution in [-0.4, -0.2) is 50.1 Å². The van der Waals surface area contributed by atoms with E-state index in [4.69, 9.17) is 18.9 Å². The third-order valence-electron chi connectivity index (χ3n) is 5.41. The fourth-order valence-electron chi connectivity index (χ4n) is 3.97.